The van der Waals surface area contributed by atoms with Crippen molar-refractivity contribution in [3.05, 3.63) is 27.9 Å². The number of carbonyl (C=O) groups is 1. The lowest BCUT2D eigenvalue weighted by Crippen LogP contribution is -2.49. The number of hydrogen-bond acceptors (Lipinski definition) is 5. The predicted molar refractivity (Wildman–Crippen MR) is 74.7 cm³/mol. The second-order valence-corrected chi connectivity index (χ2v) is 4.81. The number of carbonyl (C=O) groups excluding carboxylic acids is 1. The first-order chi connectivity index (χ1) is 9.52. The lowest BCUT2D eigenvalue weighted by Gasteiger charge is -2.35. The highest BCUT2D eigenvalue weighted by Crippen LogP contribution is 2.22. The van der Waals surface area contributed by atoms with E-state index in [9.17, 15) is 14.9 Å². The van der Waals surface area contributed by atoms with Crippen molar-refractivity contribution in [2.45, 2.75) is 20.3 Å². The Morgan fingerprint density at radius 1 is 1.40 bits per heavy atom. The van der Waals surface area contributed by atoms with Crippen LogP contribution in [0.25, 0.3) is 0 Å². The molecule has 1 fully saturated rings. The quantitative estimate of drug-likeness (QED) is 0.616. The first-order valence-electron chi connectivity index (χ1n) is 6.66. The largest absolute Gasteiger partial charge is 0.353 e. The Hall–Kier alpha value is -2.18. The van der Waals surface area contributed by atoms with Crippen LogP contribution < -0.4 is 4.90 Å². The van der Waals surface area contributed by atoms with Crippen LogP contribution in [0, 0.1) is 17.0 Å². The van der Waals surface area contributed by atoms with E-state index in [1.165, 1.54) is 12.3 Å². The van der Waals surface area contributed by atoms with E-state index in [2.05, 4.69) is 9.88 Å². The third-order valence-electron chi connectivity index (χ3n) is 3.48. The molecule has 108 valence electrons. The second kappa shape index (κ2) is 5.85. The minimum absolute atomic E-state index is 0.00560. The zero-order valence-electron chi connectivity index (χ0n) is 11.7. The van der Waals surface area contributed by atoms with Gasteiger partial charge in [0.05, 0.1) is 4.92 Å². The average Bonchev–Trinajstić information content (AvgIpc) is 2.46. The van der Waals surface area contributed by atoms with Crippen LogP contribution >= 0.6 is 0 Å². The van der Waals surface area contributed by atoms with Crippen LogP contribution in [0.15, 0.2) is 12.3 Å². The fourth-order valence-corrected chi connectivity index (χ4v) is 2.37. The van der Waals surface area contributed by atoms with Crippen molar-refractivity contribution in [2.24, 2.45) is 0 Å². The SMILES string of the molecule is CCC(=O)N1CCN(c2ncc([N+](=O)[O-])cc2C)CC1. The van der Waals surface area contributed by atoms with Gasteiger partial charge in [0.2, 0.25) is 5.91 Å². The third-order valence-corrected chi connectivity index (χ3v) is 3.48. The summed E-state index contributed by atoms with van der Waals surface area (Å²) in [5.74, 6) is 0.928. The maximum atomic E-state index is 11.6. The van der Waals surface area contributed by atoms with Crippen LogP contribution in [0.4, 0.5) is 11.5 Å². The van der Waals surface area contributed by atoms with E-state index >= 15 is 0 Å². The van der Waals surface area contributed by atoms with Crippen molar-refractivity contribution in [3.8, 4) is 0 Å². The van der Waals surface area contributed by atoms with E-state index in [0.29, 0.717) is 32.6 Å². The zero-order valence-corrected chi connectivity index (χ0v) is 11.7. The molecule has 1 aliphatic heterocycles. The van der Waals surface area contributed by atoms with Crippen LogP contribution in [-0.2, 0) is 4.79 Å². The number of anilines is 1. The molecular formula is C13H18N4O3. The molecule has 0 aliphatic carbocycles. The van der Waals surface area contributed by atoms with Crippen molar-refractivity contribution in [3.63, 3.8) is 0 Å². The topological polar surface area (TPSA) is 79.6 Å². The molecule has 0 N–H and O–H groups in total. The summed E-state index contributed by atoms with van der Waals surface area (Å²) in [5, 5.41) is 10.7. The smallest absolute Gasteiger partial charge is 0.287 e. The molecule has 2 rings (SSSR count). The van der Waals surface area contributed by atoms with E-state index in [-0.39, 0.29) is 11.6 Å². The summed E-state index contributed by atoms with van der Waals surface area (Å²) in [6.45, 7) is 6.43. The van der Waals surface area contributed by atoms with Gasteiger partial charge in [0, 0.05) is 38.7 Å². The predicted octanol–water partition coefficient (Wildman–Crippen LogP) is 1.36. The summed E-state index contributed by atoms with van der Waals surface area (Å²) in [6.07, 6.45) is 1.81. The van der Waals surface area contributed by atoms with E-state index < -0.39 is 4.92 Å². The number of piperazine rings is 1. The standard InChI is InChI=1S/C13H18N4O3/c1-3-12(18)15-4-6-16(7-5-15)13-10(2)8-11(9-14-13)17(19)20/h8-9H,3-7H2,1-2H3. The van der Waals surface area contributed by atoms with Gasteiger partial charge >= 0.3 is 0 Å². The number of aryl methyl sites for hydroxylation is 1. The minimum atomic E-state index is -0.443. The Morgan fingerprint density at radius 2 is 2.05 bits per heavy atom. The van der Waals surface area contributed by atoms with Gasteiger partial charge in [-0.2, -0.15) is 0 Å². The second-order valence-electron chi connectivity index (χ2n) is 4.81. The van der Waals surface area contributed by atoms with Gasteiger partial charge in [-0.05, 0) is 12.5 Å². The van der Waals surface area contributed by atoms with E-state index in [4.69, 9.17) is 0 Å². The van der Waals surface area contributed by atoms with Gasteiger partial charge in [-0.3, -0.25) is 14.9 Å². The van der Waals surface area contributed by atoms with Crippen molar-refractivity contribution >= 4 is 17.4 Å². The van der Waals surface area contributed by atoms with Crippen LogP contribution in [0.5, 0.6) is 0 Å². The van der Waals surface area contributed by atoms with Gasteiger partial charge in [0.1, 0.15) is 12.0 Å². The highest BCUT2D eigenvalue weighted by atomic mass is 16.6. The van der Waals surface area contributed by atoms with E-state index in [0.717, 1.165) is 11.4 Å². The van der Waals surface area contributed by atoms with Crippen LogP contribution in [0.3, 0.4) is 0 Å². The molecule has 1 saturated heterocycles. The highest BCUT2D eigenvalue weighted by molar-refractivity contribution is 5.76. The van der Waals surface area contributed by atoms with Crippen molar-refractivity contribution in [2.75, 3.05) is 31.1 Å². The molecule has 1 aromatic rings. The van der Waals surface area contributed by atoms with Gasteiger partial charge in [0.25, 0.3) is 5.69 Å². The van der Waals surface area contributed by atoms with Crippen molar-refractivity contribution in [1.29, 1.82) is 0 Å². The fourth-order valence-electron chi connectivity index (χ4n) is 2.37. The average molecular weight is 278 g/mol. The first kappa shape index (κ1) is 14.2. The van der Waals surface area contributed by atoms with Gasteiger partial charge in [-0.25, -0.2) is 4.98 Å². The maximum Gasteiger partial charge on any atom is 0.287 e. The lowest BCUT2D eigenvalue weighted by atomic mass is 10.2. The molecule has 0 aromatic carbocycles. The lowest BCUT2D eigenvalue weighted by molar-refractivity contribution is -0.385. The molecule has 1 aromatic heterocycles. The summed E-state index contributed by atoms with van der Waals surface area (Å²) in [5.41, 5.74) is 0.792. The molecule has 0 unspecified atom stereocenters. The molecule has 20 heavy (non-hydrogen) atoms. The van der Waals surface area contributed by atoms with Gasteiger partial charge in [-0.15, -0.1) is 0 Å². The number of aromatic nitrogens is 1. The van der Waals surface area contributed by atoms with Crippen LogP contribution in [0.2, 0.25) is 0 Å². The summed E-state index contributed by atoms with van der Waals surface area (Å²) in [6, 6.07) is 1.53. The molecule has 7 nitrogen and oxygen atoms in total. The molecule has 0 bridgehead atoms. The molecule has 0 radical (unpaired) electrons. The Bertz CT molecular complexity index is 524. The molecular weight excluding hydrogens is 260 g/mol. The Morgan fingerprint density at radius 3 is 2.55 bits per heavy atom. The maximum absolute atomic E-state index is 11.6. The van der Waals surface area contributed by atoms with E-state index in [1.807, 2.05) is 18.7 Å². The number of nitro groups is 1. The number of amides is 1. The molecule has 7 heteroatoms. The first-order valence-corrected chi connectivity index (χ1v) is 6.66. The molecule has 0 atom stereocenters. The van der Waals surface area contributed by atoms with Gasteiger partial charge in [0.15, 0.2) is 0 Å². The number of nitrogens with zero attached hydrogens (tertiary/aromatic N) is 4. The number of hydrogen-bond donors (Lipinski definition) is 0. The summed E-state index contributed by atoms with van der Waals surface area (Å²) in [4.78, 5) is 30.0. The Kier molecular flexibility index (Phi) is 4.16. The minimum Gasteiger partial charge on any atom is -0.353 e. The summed E-state index contributed by atoms with van der Waals surface area (Å²) in [7, 11) is 0. The monoisotopic (exact) mass is 278 g/mol. The number of rotatable bonds is 3. The highest BCUT2D eigenvalue weighted by Gasteiger charge is 2.22. The Balaban J connectivity index is 2.07. The third kappa shape index (κ3) is 2.87. The molecule has 1 aliphatic rings. The number of pyridine rings is 1. The van der Waals surface area contributed by atoms with Gasteiger partial charge < -0.3 is 9.80 Å². The van der Waals surface area contributed by atoms with Crippen molar-refractivity contribution in [1.82, 2.24) is 9.88 Å². The molecule has 0 spiro atoms. The summed E-state index contributed by atoms with van der Waals surface area (Å²) < 4.78 is 0. The van der Waals surface area contributed by atoms with Gasteiger partial charge in [-0.1, -0.05) is 6.92 Å². The molecule has 0 saturated carbocycles. The molecule has 2 heterocycles. The zero-order chi connectivity index (χ0) is 14.7. The van der Waals surface area contributed by atoms with Crippen LogP contribution in [-0.4, -0.2) is 46.9 Å². The normalized spacial score (nSPS) is 15.3. The summed E-state index contributed by atoms with van der Waals surface area (Å²) >= 11 is 0. The van der Waals surface area contributed by atoms with Crippen molar-refractivity contribution < 1.29 is 9.72 Å². The van der Waals surface area contributed by atoms with Crippen LogP contribution in [0.1, 0.15) is 18.9 Å². The Labute approximate surface area is 117 Å². The molecule has 1 amide bonds. The fraction of sp³-hybridized carbons (Fsp3) is 0.538. The van der Waals surface area contributed by atoms with E-state index in [1.54, 1.807) is 0 Å².